The van der Waals surface area contributed by atoms with Gasteiger partial charge in [-0.25, -0.2) is 0 Å². The Hall–Kier alpha value is 0.0500. The first-order valence-corrected chi connectivity index (χ1v) is 5.26. The van der Waals surface area contributed by atoms with Crippen molar-refractivity contribution < 1.29 is 5.11 Å². The van der Waals surface area contributed by atoms with Crippen LogP contribution in [0.4, 0.5) is 0 Å². The molecule has 0 aliphatic rings. The summed E-state index contributed by atoms with van der Waals surface area (Å²) in [6, 6.07) is 0. The number of thioether (sulfide) groups is 1. The molecule has 0 aliphatic heterocycles. The molecule has 2 heteroatoms. The van der Waals surface area contributed by atoms with Crippen molar-refractivity contribution in [2.24, 2.45) is 5.92 Å². The van der Waals surface area contributed by atoms with Gasteiger partial charge in [0.1, 0.15) is 0 Å². The zero-order valence-corrected chi connectivity index (χ0v) is 8.56. The van der Waals surface area contributed by atoms with Gasteiger partial charge in [-0.15, -0.1) is 0 Å². The highest BCUT2D eigenvalue weighted by Gasteiger charge is 2.06. The fourth-order valence-corrected chi connectivity index (χ4v) is 1.64. The summed E-state index contributed by atoms with van der Waals surface area (Å²) < 4.78 is 0. The maximum Gasteiger partial charge on any atom is 0.0693 e. The SMILES string of the molecule is CS[C@@H](/C=C/[C@@H](C)O)C(C)C. The Labute approximate surface area is 73.9 Å². The van der Waals surface area contributed by atoms with Crippen molar-refractivity contribution in [2.45, 2.75) is 32.1 Å². The van der Waals surface area contributed by atoms with Crippen LogP contribution in [0.5, 0.6) is 0 Å². The molecule has 0 saturated carbocycles. The van der Waals surface area contributed by atoms with Gasteiger partial charge in [-0.05, 0) is 19.1 Å². The molecule has 0 radical (unpaired) electrons. The van der Waals surface area contributed by atoms with Crippen LogP contribution in [0.1, 0.15) is 20.8 Å². The summed E-state index contributed by atoms with van der Waals surface area (Å²) in [6.07, 6.45) is 5.71. The highest BCUT2D eigenvalue weighted by atomic mass is 32.2. The number of hydrogen-bond acceptors (Lipinski definition) is 2. The lowest BCUT2D eigenvalue weighted by atomic mass is 10.1. The van der Waals surface area contributed by atoms with Gasteiger partial charge in [0.05, 0.1) is 6.10 Å². The molecule has 0 aromatic heterocycles. The van der Waals surface area contributed by atoms with Crippen molar-refractivity contribution >= 4 is 11.8 Å². The lowest BCUT2D eigenvalue weighted by Crippen LogP contribution is -2.08. The first-order chi connectivity index (χ1) is 5.07. The summed E-state index contributed by atoms with van der Waals surface area (Å²) in [5, 5.41) is 9.51. The standard InChI is InChI=1S/C9H18OS/c1-7(2)9(11-4)6-5-8(3)10/h5-10H,1-4H3/b6-5+/t8-,9+/m1/s1. The molecule has 0 saturated heterocycles. The highest BCUT2D eigenvalue weighted by Crippen LogP contribution is 2.17. The Morgan fingerprint density at radius 2 is 1.73 bits per heavy atom. The molecule has 0 amide bonds. The van der Waals surface area contributed by atoms with Crippen LogP contribution in [0.2, 0.25) is 0 Å². The molecule has 0 unspecified atom stereocenters. The first-order valence-electron chi connectivity index (χ1n) is 3.97. The minimum atomic E-state index is -0.316. The maximum absolute atomic E-state index is 8.98. The molecule has 2 atom stereocenters. The van der Waals surface area contributed by atoms with E-state index in [1.165, 1.54) is 0 Å². The van der Waals surface area contributed by atoms with E-state index >= 15 is 0 Å². The maximum atomic E-state index is 8.98. The van der Waals surface area contributed by atoms with Gasteiger partial charge >= 0.3 is 0 Å². The van der Waals surface area contributed by atoms with Crippen LogP contribution in [0.15, 0.2) is 12.2 Å². The van der Waals surface area contributed by atoms with Gasteiger partial charge in [0.25, 0.3) is 0 Å². The third kappa shape index (κ3) is 5.33. The van der Waals surface area contributed by atoms with Crippen molar-refractivity contribution in [3.63, 3.8) is 0 Å². The monoisotopic (exact) mass is 174 g/mol. The van der Waals surface area contributed by atoms with E-state index in [1.807, 2.05) is 17.8 Å². The lowest BCUT2D eigenvalue weighted by molar-refractivity contribution is 0.243. The highest BCUT2D eigenvalue weighted by molar-refractivity contribution is 7.99. The molecule has 0 spiro atoms. The summed E-state index contributed by atoms with van der Waals surface area (Å²) >= 11 is 1.82. The van der Waals surface area contributed by atoms with E-state index in [-0.39, 0.29) is 6.10 Å². The van der Waals surface area contributed by atoms with E-state index in [1.54, 1.807) is 6.92 Å². The van der Waals surface area contributed by atoms with Crippen LogP contribution >= 0.6 is 11.8 Å². The molecular weight excluding hydrogens is 156 g/mol. The van der Waals surface area contributed by atoms with Crippen LogP contribution in [-0.2, 0) is 0 Å². The quantitative estimate of drug-likeness (QED) is 0.660. The summed E-state index contributed by atoms with van der Waals surface area (Å²) in [7, 11) is 0. The molecule has 1 N–H and O–H groups in total. The number of hydrogen-bond donors (Lipinski definition) is 1. The molecule has 66 valence electrons. The zero-order chi connectivity index (χ0) is 8.85. The molecule has 1 nitrogen and oxygen atoms in total. The minimum absolute atomic E-state index is 0.316. The van der Waals surface area contributed by atoms with Gasteiger partial charge < -0.3 is 5.11 Å². The van der Waals surface area contributed by atoms with Crippen molar-refractivity contribution in [1.82, 2.24) is 0 Å². The van der Waals surface area contributed by atoms with Gasteiger partial charge in [-0.3, -0.25) is 0 Å². The van der Waals surface area contributed by atoms with E-state index < -0.39 is 0 Å². The third-order valence-electron chi connectivity index (χ3n) is 1.51. The van der Waals surface area contributed by atoms with E-state index in [0.29, 0.717) is 11.2 Å². The molecule has 0 fully saturated rings. The van der Waals surface area contributed by atoms with Crippen molar-refractivity contribution in [2.75, 3.05) is 6.26 Å². The molecule has 11 heavy (non-hydrogen) atoms. The lowest BCUT2D eigenvalue weighted by Gasteiger charge is -2.13. The molecule has 0 bridgehead atoms. The van der Waals surface area contributed by atoms with Gasteiger partial charge in [-0.2, -0.15) is 11.8 Å². The van der Waals surface area contributed by atoms with Gasteiger partial charge in [0.15, 0.2) is 0 Å². The van der Waals surface area contributed by atoms with Crippen molar-refractivity contribution in [3.8, 4) is 0 Å². The van der Waals surface area contributed by atoms with E-state index in [2.05, 4.69) is 26.2 Å². The summed E-state index contributed by atoms with van der Waals surface area (Å²) in [5.74, 6) is 0.639. The van der Waals surface area contributed by atoms with Crippen molar-refractivity contribution in [3.05, 3.63) is 12.2 Å². The second kappa shape index (κ2) is 5.67. The molecule has 0 aromatic carbocycles. The van der Waals surface area contributed by atoms with E-state index in [9.17, 15) is 0 Å². The Morgan fingerprint density at radius 3 is 2.00 bits per heavy atom. The Kier molecular flexibility index (Phi) is 5.69. The average Bonchev–Trinajstić information content (AvgIpc) is 1.87. The third-order valence-corrected chi connectivity index (χ3v) is 2.75. The minimum Gasteiger partial charge on any atom is -0.389 e. The molecule has 0 aliphatic carbocycles. The summed E-state index contributed by atoms with van der Waals surface area (Å²) in [4.78, 5) is 0. The van der Waals surface area contributed by atoms with Gasteiger partial charge in [0, 0.05) is 5.25 Å². The fraction of sp³-hybridized carbons (Fsp3) is 0.778. The Balaban J connectivity index is 3.87. The molecule has 0 heterocycles. The second-order valence-electron chi connectivity index (χ2n) is 3.07. The van der Waals surface area contributed by atoms with Crippen molar-refractivity contribution in [1.29, 1.82) is 0 Å². The number of rotatable bonds is 4. The molecule has 0 rings (SSSR count). The molecular formula is C9H18OS. The van der Waals surface area contributed by atoms with E-state index in [4.69, 9.17) is 5.11 Å². The largest absolute Gasteiger partial charge is 0.389 e. The topological polar surface area (TPSA) is 20.2 Å². The van der Waals surface area contributed by atoms with E-state index in [0.717, 1.165) is 0 Å². The Bertz CT molecular complexity index is 119. The van der Waals surface area contributed by atoms with Crippen LogP contribution in [0, 0.1) is 5.92 Å². The predicted molar refractivity (Wildman–Crippen MR) is 53.0 cm³/mol. The fourth-order valence-electron chi connectivity index (χ4n) is 0.843. The van der Waals surface area contributed by atoms with Crippen LogP contribution in [-0.4, -0.2) is 22.7 Å². The smallest absolute Gasteiger partial charge is 0.0693 e. The normalized spacial score (nSPS) is 17.6. The van der Waals surface area contributed by atoms with Crippen LogP contribution < -0.4 is 0 Å². The molecule has 0 aromatic rings. The van der Waals surface area contributed by atoms with Gasteiger partial charge in [0.2, 0.25) is 0 Å². The summed E-state index contributed by atoms with van der Waals surface area (Å²) in [6.45, 7) is 6.15. The second-order valence-corrected chi connectivity index (χ2v) is 4.09. The zero-order valence-electron chi connectivity index (χ0n) is 7.74. The summed E-state index contributed by atoms with van der Waals surface area (Å²) in [5.41, 5.74) is 0. The van der Waals surface area contributed by atoms with Gasteiger partial charge in [-0.1, -0.05) is 26.0 Å². The predicted octanol–water partition coefficient (Wildman–Crippen LogP) is 2.31. The average molecular weight is 174 g/mol. The van der Waals surface area contributed by atoms with Crippen LogP contribution in [0.25, 0.3) is 0 Å². The first kappa shape index (κ1) is 11.1. The van der Waals surface area contributed by atoms with Crippen LogP contribution in [0.3, 0.4) is 0 Å². The number of aliphatic hydroxyl groups excluding tert-OH is 1. The Morgan fingerprint density at radius 1 is 1.18 bits per heavy atom. The number of aliphatic hydroxyl groups is 1.